The van der Waals surface area contributed by atoms with Crippen LogP contribution in [-0.2, 0) is 16.4 Å². The molecule has 1 rings (SSSR count). The van der Waals surface area contributed by atoms with Gasteiger partial charge in [-0.1, -0.05) is 18.5 Å². The minimum Gasteiger partial charge on any atom is -0.297 e. The standard InChI is InChI=1S/C9H13ClN2O4S/c1-3-17(15,16)5-4-12-8(13)6(2)7(10)11-9(12)14/h3-5H2,1-2H3,(H,11,14). The van der Waals surface area contributed by atoms with E-state index >= 15 is 0 Å². The number of aromatic nitrogens is 2. The number of H-pyrrole nitrogens is 1. The van der Waals surface area contributed by atoms with Gasteiger partial charge in [0.05, 0.1) is 5.75 Å². The zero-order valence-corrected chi connectivity index (χ0v) is 11.1. The summed E-state index contributed by atoms with van der Waals surface area (Å²) in [5.41, 5.74) is -1.07. The van der Waals surface area contributed by atoms with Gasteiger partial charge in [0.25, 0.3) is 5.56 Å². The molecule has 1 heterocycles. The van der Waals surface area contributed by atoms with E-state index in [0.717, 1.165) is 4.57 Å². The quantitative estimate of drug-likeness (QED) is 0.782. The van der Waals surface area contributed by atoms with Crippen molar-refractivity contribution in [3.63, 3.8) is 0 Å². The van der Waals surface area contributed by atoms with Gasteiger partial charge in [-0.3, -0.25) is 14.3 Å². The van der Waals surface area contributed by atoms with Crippen LogP contribution < -0.4 is 11.2 Å². The molecule has 96 valence electrons. The Bertz CT molecular complexity index is 629. The van der Waals surface area contributed by atoms with Crippen LogP contribution in [0.2, 0.25) is 5.15 Å². The molecule has 8 heteroatoms. The van der Waals surface area contributed by atoms with Gasteiger partial charge < -0.3 is 0 Å². The lowest BCUT2D eigenvalue weighted by Gasteiger charge is -2.06. The molecule has 6 nitrogen and oxygen atoms in total. The first-order chi connectivity index (χ1) is 7.78. The topological polar surface area (TPSA) is 89.0 Å². The molecule has 0 bridgehead atoms. The smallest absolute Gasteiger partial charge is 0.297 e. The first-order valence-electron chi connectivity index (χ1n) is 4.98. The highest BCUT2D eigenvalue weighted by Gasteiger charge is 2.12. The second-order valence-corrected chi connectivity index (χ2v) is 6.41. The van der Waals surface area contributed by atoms with Crippen LogP contribution in [0.1, 0.15) is 12.5 Å². The molecule has 0 saturated heterocycles. The Morgan fingerprint density at radius 2 is 1.94 bits per heavy atom. The zero-order valence-electron chi connectivity index (χ0n) is 9.49. The Morgan fingerprint density at radius 1 is 1.35 bits per heavy atom. The summed E-state index contributed by atoms with van der Waals surface area (Å²) in [6.45, 7) is 2.81. The molecule has 0 spiro atoms. The Balaban J connectivity index is 3.14. The predicted octanol–water partition coefficient (Wildman–Crippen LogP) is -0.0669. The molecule has 0 aliphatic heterocycles. The van der Waals surface area contributed by atoms with E-state index < -0.39 is 21.1 Å². The molecule has 0 aromatic carbocycles. The van der Waals surface area contributed by atoms with Crippen molar-refractivity contribution in [1.29, 1.82) is 0 Å². The largest absolute Gasteiger partial charge is 0.329 e. The van der Waals surface area contributed by atoms with E-state index in [2.05, 4.69) is 4.98 Å². The van der Waals surface area contributed by atoms with Gasteiger partial charge in [-0.05, 0) is 6.92 Å². The number of rotatable bonds is 4. The van der Waals surface area contributed by atoms with E-state index in [1.54, 1.807) is 0 Å². The van der Waals surface area contributed by atoms with Gasteiger partial charge in [0.15, 0.2) is 9.84 Å². The van der Waals surface area contributed by atoms with Crippen LogP contribution in [0.5, 0.6) is 0 Å². The summed E-state index contributed by atoms with van der Waals surface area (Å²) in [6, 6.07) is 0. The number of aromatic amines is 1. The summed E-state index contributed by atoms with van der Waals surface area (Å²) in [4.78, 5) is 25.4. The van der Waals surface area contributed by atoms with Crippen LogP contribution in [-0.4, -0.2) is 29.5 Å². The number of halogens is 1. The molecule has 0 aliphatic carbocycles. The second kappa shape index (κ2) is 5.05. The van der Waals surface area contributed by atoms with Gasteiger partial charge in [-0.2, -0.15) is 0 Å². The molecule has 0 amide bonds. The zero-order chi connectivity index (χ0) is 13.2. The lowest BCUT2D eigenvalue weighted by molar-refractivity contribution is 0.583. The normalized spacial score (nSPS) is 11.7. The van der Waals surface area contributed by atoms with E-state index in [1.165, 1.54) is 13.8 Å². The molecule has 1 aromatic rings. The highest BCUT2D eigenvalue weighted by atomic mass is 35.5. The predicted molar refractivity (Wildman–Crippen MR) is 65.4 cm³/mol. The van der Waals surface area contributed by atoms with Gasteiger partial charge in [0, 0.05) is 17.9 Å². The van der Waals surface area contributed by atoms with Crippen LogP contribution >= 0.6 is 11.6 Å². The first-order valence-corrected chi connectivity index (χ1v) is 7.18. The molecule has 0 radical (unpaired) electrons. The summed E-state index contributed by atoms with van der Waals surface area (Å²) in [7, 11) is -3.22. The molecule has 0 unspecified atom stereocenters. The van der Waals surface area contributed by atoms with Crippen LogP contribution in [0.3, 0.4) is 0 Å². The van der Waals surface area contributed by atoms with E-state index in [1.807, 2.05) is 0 Å². The summed E-state index contributed by atoms with van der Waals surface area (Å²) in [6.07, 6.45) is 0. The van der Waals surface area contributed by atoms with Crippen molar-refractivity contribution in [3.8, 4) is 0 Å². The molecule has 0 aliphatic rings. The van der Waals surface area contributed by atoms with Crippen molar-refractivity contribution >= 4 is 21.4 Å². The highest BCUT2D eigenvalue weighted by molar-refractivity contribution is 7.91. The average molecular weight is 281 g/mol. The third-order valence-electron chi connectivity index (χ3n) is 2.42. The second-order valence-electron chi connectivity index (χ2n) is 3.56. The van der Waals surface area contributed by atoms with E-state index in [9.17, 15) is 18.0 Å². The van der Waals surface area contributed by atoms with Crippen LogP contribution in [0, 0.1) is 6.92 Å². The summed E-state index contributed by atoms with van der Waals surface area (Å²) < 4.78 is 23.4. The van der Waals surface area contributed by atoms with Crippen molar-refractivity contribution in [2.75, 3.05) is 11.5 Å². The third-order valence-corrected chi connectivity index (χ3v) is 4.48. The molecule has 0 fully saturated rings. The molecular weight excluding hydrogens is 268 g/mol. The summed E-state index contributed by atoms with van der Waals surface area (Å²) in [5.74, 6) is -0.264. The Kier molecular flexibility index (Phi) is 4.16. The number of nitrogens with zero attached hydrogens (tertiary/aromatic N) is 1. The molecule has 1 N–H and O–H groups in total. The van der Waals surface area contributed by atoms with Crippen molar-refractivity contribution in [2.24, 2.45) is 0 Å². The van der Waals surface area contributed by atoms with Crippen molar-refractivity contribution in [3.05, 3.63) is 31.6 Å². The fraction of sp³-hybridized carbons (Fsp3) is 0.556. The van der Waals surface area contributed by atoms with Crippen LogP contribution in [0.15, 0.2) is 9.59 Å². The molecular formula is C9H13ClN2O4S. The Morgan fingerprint density at radius 3 is 2.47 bits per heavy atom. The number of hydrogen-bond donors (Lipinski definition) is 1. The number of sulfone groups is 1. The van der Waals surface area contributed by atoms with E-state index in [4.69, 9.17) is 11.6 Å². The van der Waals surface area contributed by atoms with Crippen LogP contribution in [0.25, 0.3) is 0 Å². The average Bonchev–Trinajstić information content (AvgIpc) is 2.26. The minimum absolute atomic E-state index is 0.0189. The van der Waals surface area contributed by atoms with Gasteiger partial charge in [-0.25, -0.2) is 13.2 Å². The lowest BCUT2D eigenvalue weighted by atomic mass is 10.4. The maximum atomic E-state index is 11.7. The number of hydrogen-bond acceptors (Lipinski definition) is 4. The fourth-order valence-corrected chi connectivity index (χ4v) is 2.13. The van der Waals surface area contributed by atoms with E-state index in [-0.39, 0.29) is 28.8 Å². The maximum Gasteiger partial charge on any atom is 0.329 e. The number of nitrogens with one attached hydrogen (secondary N) is 1. The summed E-state index contributed by atoms with van der Waals surface area (Å²) >= 11 is 5.62. The minimum atomic E-state index is -3.22. The molecule has 1 aromatic heterocycles. The first kappa shape index (κ1) is 14.0. The summed E-state index contributed by atoms with van der Waals surface area (Å²) in [5, 5.41) is -0.0189. The van der Waals surface area contributed by atoms with Crippen molar-refractivity contribution in [2.45, 2.75) is 20.4 Å². The SMILES string of the molecule is CCS(=O)(=O)CCn1c(=O)[nH]c(Cl)c(C)c1=O. The maximum absolute atomic E-state index is 11.7. The van der Waals surface area contributed by atoms with Crippen molar-refractivity contribution in [1.82, 2.24) is 9.55 Å². The Hall–Kier alpha value is -1.08. The van der Waals surface area contributed by atoms with E-state index in [0.29, 0.717) is 0 Å². The lowest BCUT2D eigenvalue weighted by Crippen LogP contribution is -2.38. The van der Waals surface area contributed by atoms with Gasteiger partial charge in [0.1, 0.15) is 5.15 Å². The van der Waals surface area contributed by atoms with Crippen molar-refractivity contribution < 1.29 is 8.42 Å². The van der Waals surface area contributed by atoms with Gasteiger partial charge in [0.2, 0.25) is 0 Å². The monoisotopic (exact) mass is 280 g/mol. The molecule has 17 heavy (non-hydrogen) atoms. The van der Waals surface area contributed by atoms with Gasteiger partial charge in [-0.15, -0.1) is 0 Å². The molecule has 0 atom stereocenters. The third kappa shape index (κ3) is 3.19. The molecule has 0 saturated carbocycles. The highest BCUT2D eigenvalue weighted by Crippen LogP contribution is 2.02. The fourth-order valence-electron chi connectivity index (χ4n) is 1.22. The Labute approximate surface area is 103 Å². The van der Waals surface area contributed by atoms with Gasteiger partial charge >= 0.3 is 5.69 Å². The van der Waals surface area contributed by atoms with Crippen LogP contribution in [0.4, 0.5) is 0 Å².